The number of likely N-dealkylation sites (N-methyl/N-ethyl adjacent to an activating group) is 1. The number of amides is 1. The number of carbonyl (C=O) groups is 2. The number of ketones is 1. The number of Topliss-reactive ketones (excluding diaryl/α,β-unsaturated/α-hetero) is 1. The second-order valence-corrected chi connectivity index (χ2v) is 7.46. The highest BCUT2D eigenvalue weighted by Gasteiger charge is 2.44. The van der Waals surface area contributed by atoms with Crippen molar-refractivity contribution >= 4 is 17.4 Å². The Labute approximate surface area is 172 Å². The third-order valence-corrected chi connectivity index (χ3v) is 5.66. The van der Waals surface area contributed by atoms with Crippen molar-refractivity contribution in [2.75, 3.05) is 26.2 Å². The van der Waals surface area contributed by atoms with Crippen molar-refractivity contribution < 1.29 is 19.6 Å². The summed E-state index contributed by atoms with van der Waals surface area (Å²) in [7, 11) is 0. The Kier molecular flexibility index (Phi) is 6.49. The van der Waals surface area contributed by atoms with Crippen LogP contribution in [0.1, 0.15) is 36.6 Å². The van der Waals surface area contributed by atoms with E-state index in [4.69, 9.17) is 0 Å². The number of nitrogens with one attached hydrogen (secondary N) is 1. The van der Waals surface area contributed by atoms with Gasteiger partial charge in [-0.2, -0.15) is 0 Å². The number of likely N-dealkylation sites (tertiary alicyclic amines) is 1. The maximum Gasteiger partial charge on any atom is 0.295 e. The van der Waals surface area contributed by atoms with Gasteiger partial charge in [-0.25, -0.2) is 0 Å². The van der Waals surface area contributed by atoms with Crippen LogP contribution < -0.4 is 10.0 Å². The molecule has 1 unspecified atom stereocenters. The van der Waals surface area contributed by atoms with E-state index in [1.807, 2.05) is 37.3 Å². The topological polar surface area (TPSA) is 64.9 Å². The molecule has 0 spiro atoms. The highest BCUT2D eigenvalue weighted by atomic mass is 16.3. The van der Waals surface area contributed by atoms with Crippen molar-refractivity contribution in [1.29, 1.82) is 0 Å². The van der Waals surface area contributed by atoms with E-state index in [1.54, 1.807) is 29.2 Å². The molecule has 5 nitrogen and oxygen atoms in total. The van der Waals surface area contributed by atoms with Gasteiger partial charge in [0.15, 0.2) is 0 Å². The van der Waals surface area contributed by atoms with Gasteiger partial charge in [0, 0.05) is 5.57 Å². The van der Waals surface area contributed by atoms with Crippen LogP contribution in [-0.4, -0.2) is 42.8 Å². The molecule has 29 heavy (non-hydrogen) atoms. The van der Waals surface area contributed by atoms with Crippen LogP contribution >= 0.6 is 0 Å². The molecule has 1 saturated heterocycles. The van der Waals surface area contributed by atoms with Crippen molar-refractivity contribution in [3.05, 3.63) is 76.9 Å². The van der Waals surface area contributed by atoms with Gasteiger partial charge in [0.05, 0.1) is 32.2 Å². The molecule has 0 aromatic heterocycles. The summed E-state index contributed by atoms with van der Waals surface area (Å²) in [5, 5.41) is 13.2. The summed E-state index contributed by atoms with van der Waals surface area (Å²) in [5.41, 5.74) is 2.36. The first kappa shape index (κ1) is 20.8. The van der Waals surface area contributed by atoms with Gasteiger partial charge < -0.3 is 14.9 Å². The van der Waals surface area contributed by atoms with Gasteiger partial charge >= 0.3 is 0 Å². The van der Waals surface area contributed by atoms with Crippen molar-refractivity contribution in [2.45, 2.75) is 26.8 Å². The quantitative estimate of drug-likeness (QED) is 0.437. The first-order chi connectivity index (χ1) is 14.0. The van der Waals surface area contributed by atoms with Crippen LogP contribution in [0.5, 0.6) is 0 Å². The predicted molar refractivity (Wildman–Crippen MR) is 111 cm³/mol. The summed E-state index contributed by atoms with van der Waals surface area (Å²) in [6.45, 7) is 9.25. The Hall–Kier alpha value is -2.92. The van der Waals surface area contributed by atoms with Gasteiger partial charge in [-0.3, -0.25) is 9.59 Å². The summed E-state index contributed by atoms with van der Waals surface area (Å²) in [4.78, 5) is 28.7. The number of quaternary nitrogens is 1. The van der Waals surface area contributed by atoms with Gasteiger partial charge in [-0.05, 0) is 31.9 Å². The summed E-state index contributed by atoms with van der Waals surface area (Å²) >= 11 is 0. The molecule has 1 N–H and O–H groups in total. The third kappa shape index (κ3) is 4.25. The Morgan fingerprint density at radius 2 is 1.62 bits per heavy atom. The fourth-order valence-electron chi connectivity index (χ4n) is 3.82. The Bertz CT molecular complexity index is 899. The molecular formula is C24H28N2O3. The summed E-state index contributed by atoms with van der Waals surface area (Å²) in [6.07, 6.45) is 0. The number of aryl methyl sites for hydroxylation is 1. The zero-order valence-electron chi connectivity index (χ0n) is 17.3. The smallest absolute Gasteiger partial charge is 0.295 e. The van der Waals surface area contributed by atoms with E-state index in [9.17, 15) is 14.7 Å². The molecule has 5 heteroatoms. The van der Waals surface area contributed by atoms with Crippen molar-refractivity contribution in [1.82, 2.24) is 4.90 Å². The lowest BCUT2D eigenvalue weighted by atomic mass is 9.95. The molecule has 1 amide bonds. The minimum absolute atomic E-state index is 0.0552. The minimum Gasteiger partial charge on any atom is -0.872 e. The molecule has 1 aliphatic heterocycles. The summed E-state index contributed by atoms with van der Waals surface area (Å²) in [6, 6.07) is 15.8. The average Bonchev–Trinajstić information content (AvgIpc) is 3.00. The monoisotopic (exact) mass is 392 g/mol. The molecule has 1 aliphatic rings. The molecule has 2 aromatic carbocycles. The van der Waals surface area contributed by atoms with Crippen LogP contribution in [0.15, 0.2) is 60.2 Å². The molecule has 0 radical (unpaired) electrons. The van der Waals surface area contributed by atoms with Crippen LogP contribution in [0, 0.1) is 6.92 Å². The SMILES string of the molecule is CC[NH+](CC)CCN1C(=O)C(=O)C(=C([O-])c2ccccc2)C1c1ccc(C)cc1. The van der Waals surface area contributed by atoms with E-state index in [-0.39, 0.29) is 11.3 Å². The lowest BCUT2D eigenvalue weighted by Gasteiger charge is -2.28. The van der Waals surface area contributed by atoms with E-state index < -0.39 is 17.7 Å². The molecular weight excluding hydrogens is 364 g/mol. The molecule has 1 atom stereocenters. The van der Waals surface area contributed by atoms with Gasteiger partial charge in [0.25, 0.3) is 5.91 Å². The van der Waals surface area contributed by atoms with Crippen molar-refractivity contribution in [3.8, 4) is 0 Å². The van der Waals surface area contributed by atoms with Gasteiger partial charge in [-0.1, -0.05) is 65.9 Å². The highest BCUT2D eigenvalue weighted by molar-refractivity contribution is 6.46. The number of carbonyl (C=O) groups excluding carboxylic acids is 2. The lowest BCUT2D eigenvalue weighted by molar-refractivity contribution is -0.895. The number of hydrogen-bond acceptors (Lipinski definition) is 3. The maximum atomic E-state index is 13.2. The van der Waals surface area contributed by atoms with E-state index >= 15 is 0 Å². The molecule has 3 rings (SSSR count). The molecule has 1 fully saturated rings. The van der Waals surface area contributed by atoms with Gasteiger partial charge in [0.2, 0.25) is 5.78 Å². The second-order valence-electron chi connectivity index (χ2n) is 7.46. The zero-order chi connectivity index (χ0) is 21.0. The Balaban J connectivity index is 2.07. The highest BCUT2D eigenvalue weighted by Crippen LogP contribution is 2.38. The normalized spacial score (nSPS) is 18.6. The lowest BCUT2D eigenvalue weighted by Crippen LogP contribution is -3.12. The summed E-state index contributed by atoms with van der Waals surface area (Å²) in [5.74, 6) is -1.63. The fourth-order valence-corrected chi connectivity index (χ4v) is 3.82. The Morgan fingerprint density at radius 3 is 2.21 bits per heavy atom. The first-order valence-corrected chi connectivity index (χ1v) is 10.2. The van der Waals surface area contributed by atoms with E-state index in [2.05, 4.69) is 13.8 Å². The second kappa shape index (κ2) is 9.05. The first-order valence-electron chi connectivity index (χ1n) is 10.2. The molecule has 152 valence electrons. The molecule has 1 heterocycles. The average molecular weight is 392 g/mol. The van der Waals surface area contributed by atoms with Crippen molar-refractivity contribution in [3.63, 3.8) is 0 Å². The zero-order valence-corrected chi connectivity index (χ0v) is 17.3. The number of benzene rings is 2. The van der Waals surface area contributed by atoms with E-state index in [0.717, 1.165) is 30.8 Å². The van der Waals surface area contributed by atoms with E-state index in [0.29, 0.717) is 12.1 Å². The predicted octanol–water partition coefficient (Wildman–Crippen LogP) is 1.14. The van der Waals surface area contributed by atoms with Gasteiger partial charge in [0.1, 0.15) is 0 Å². The molecule has 0 bridgehead atoms. The molecule has 0 aliphatic carbocycles. The van der Waals surface area contributed by atoms with Gasteiger partial charge in [-0.15, -0.1) is 0 Å². The number of hydrogen-bond donors (Lipinski definition) is 1. The van der Waals surface area contributed by atoms with Crippen LogP contribution in [0.3, 0.4) is 0 Å². The number of rotatable bonds is 7. The molecule has 2 aromatic rings. The standard InChI is InChI=1S/C24H28N2O3/c1-4-25(5-2)15-16-26-21(18-13-11-17(3)12-14-18)20(23(28)24(26)29)22(27)19-9-7-6-8-10-19/h6-14,21,27H,4-5,15-16H2,1-3H3. The van der Waals surface area contributed by atoms with Crippen molar-refractivity contribution in [2.24, 2.45) is 0 Å². The number of nitrogens with zero attached hydrogens (tertiary/aromatic N) is 1. The third-order valence-electron chi connectivity index (χ3n) is 5.66. The largest absolute Gasteiger partial charge is 0.872 e. The maximum absolute atomic E-state index is 13.2. The minimum atomic E-state index is -0.682. The van der Waals surface area contributed by atoms with Crippen LogP contribution in [0.2, 0.25) is 0 Å². The van der Waals surface area contributed by atoms with Crippen LogP contribution in [0.25, 0.3) is 5.76 Å². The Morgan fingerprint density at radius 1 is 1.00 bits per heavy atom. The fraction of sp³-hybridized carbons (Fsp3) is 0.333. The van der Waals surface area contributed by atoms with Crippen LogP contribution in [-0.2, 0) is 9.59 Å². The van der Waals surface area contributed by atoms with Crippen LogP contribution in [0.4, 0.5) is 0 Å². The summed E-state index contributed by atoms with van der Waals surface area (Å²) < 4.78 is 0. The van der Waals surface area contributed by atoms with E-state index in [1.165, 1.54) is 4.90 Å². The molecule has 0 saturated carbocycles.